The van der Waals surface area contributed by atoms with Gasteiger partial charge >= 0.3 is 0 Å². The van der Waals surface area contributed by atoms with Crippen molar-refractivity contribution >= 4 is 11.8 Å². The summed E-state index contributed by atoms with van der Waals surface area (Å²) in [6, 6.07) is 5.66. The van der Waals surface area contributed by atoms with Crippen LogP contribution < -0.4 is 10.1 Å². The maximum atomic E-state index is 12.2. The lowest BCUT2D eigenvalue weighted by molar-refractivity contribution is -0.134. The summed E-state index contributed by atoms with van der Waals surface area (Å²) in [5.74, 6) is 0.642. The van der Waals surface area contributed by atoms with Gasteiger partial charge in [-0.05, 0) is 43.5 Å². The van der Waals surface area contributed by atoms with Crippen LogP contribution in [0.25, 0.3) is 0 Å². The monoisotopic (exact) mass is 333 g/mol. The Labute approximate surface area is 143 Å². The predicted molar refractivity (Wildman–Crippen MR) is 92.9 cm³/mol. The molecule has 1 heterocycles. The van der Waals surface area contributed by atoms with Gasteiger partial charge in [0.2, 0.25) is 11.8 Å². The number of benzene rings is 1. The molecule has 1 aliphatic rings. The van der Waals surface area contributed by atoms with E-state index >= 15 is 0 Å². The van der Waals surface area contributed by atoms with E-state index in [-0.39, 0.29) is 11.8 Å². The van der Waals surface area contributed by atoms with Crippen molar-refractivity contribution in [1.82, 2.24) is 15.1 Å². The molecule has 6 nitrogen and oxygen atoms in total. The third kappa shape index (κ3) is 4.71. The van der Waals surface area contributed by atoms with Gasteiger partial charge in [0.15, 0.2) is 0 Å². The van der Waals surface area contributed by atoms with Gasteiger partial charge in [-0.25, -0.2) is 0 Å². The Balaban J connectivity index is 1.92. The van der Waals surface area contributed by atoms with Crippen LogP contribution in [0, 0.1) is 0 Å². The van der Waals surface area contributed by atoms with E-state index in [1.807, 2.05) is 13.0 Å². The van der Waals surface area contributed by atoms with E-state index in [1.165, 1.54) is 16.0 Å². The fourth-order valence-corrected chi connectivity index (χ4v) is 2.92. The molecule has 1 atom stereocenters. The number of carbonyl (C=O) groups is 2. The summed E-state index contributed by atoms with van der Waals surface area (Å²) in [5, 5.41) is 2.77. The third-order valence-corrected chi connectivity index (χ3v) is 4.14. The summed E-state index contributed by atoms with van der Waals surface area (Å²) in [5.41, 5.74) is 2.52. The van der Waals surface area contributed by atoms with E-state index in [0.29, 0.717) is 13.2 Å². The number of rotatable bonds is 6. The average Bonchev–Trinajstić information content (AvgIpc) is 2.53. The molecule has 1 aromatic carbocycles. The van der Waals surface area contributed by atoms with Crippen LogP contribution in [0.3, 0.4) is 0 Å². The van der Waals surface area contributed by atoms with Crippen LogP contribution in [0.2, 0.25) is 0 Å². The van der Waals surface area contributed by atoms with Crippen molar-refractivity contribution in [1.29, 1.82) is 0 Å². The molecule has 1 N–H and O–H groups in total. The van der Waals surface area contributed by atoms with E-state index in [2.05, 4.69) is 22.3 Å². The van der Waals surface area contributed by atoms with Crippen LogP contribution in [-0.2, 0) is 22.6 Å². The minimum atomic E-state index is -0.505. The van der Waals surface area contributed by atoms with Gasteiger partial charge in [-0.2, -0.15) is 0 Å². The van der Waals surface area contributed by atoms with Crippen LogP contribution in [-0.4, -0.2) is 61.4 Å². The quantitative estimate of drug-likeness (QED) is 0.845. The molecule has 24 heavy (non-hydrogen) atoms. The minimum absolute atomic E-state index is 0.103. The molecule has 0 aliphatic carbocycles. The molecule has 1 unspecified atom stereocenters. The van der Waals surface area contributed by atoms with Gasteiger partial charge in [0.1, 0.15) is 11.8 Å². The van der Waals surface area contributed by atoms with Crippen LogP contribution in [0.4, 0.5) is 0 Å². The molecule has 0 radical (unpaired) electrons. The van der Waals surface area contributed by atoms with Crippen molar-refractivity contribution in [3.05, 3.63) is 29.3 Å². The van der Waals surface area contributed by atoms with E-state index in [4.69, 9.17) is 4.74 Å². The zero-order chi connectivity index (χ0) is 17.7. The van der Waals surface area contributed by atoms with E-state index < -0.39 is 6.04 Å². The van der Waals surface area contributed by atoms with Crippen LogP contribution >= 0.6 is 0 Å². The van der Waals surface area contributed by atoms with Gasteiger partial charge in [0, 0.05) is 27.2 Å². The maximum Gasteiger partial charge on any atom is 0.244 e. The third-order valence-electron chi connectivity index (χ3n) is 4.14. The number of nitrogens with one attached hydrogen (secondary N) is 1. The number of nitrogens with zero attached hydrogens (tertiary/aromatic N) is 2. The Kier molecular flexibility index (Phi) is 6.20. The van der Waals surface area contributed by atoms with Gasteiger partial charge in [-0.3, -0.25) is 14.5 Å². The summed E-state index contributed by atoms with van der Waals surface area (Å²) in [6.07, 6.45) is 0.918. The molecular formula is C18H27N3O3. The molecule has 0 fully saturated rings. The molecule has 0 bridgehead atoms. The summed E-state index contributed by atoms with van der Waals surface area (Å²) in [6.45, 7) is 6.17. The second kappa shape index (κ2) is 8.15. The molecular weight excluding hydrogens is 306 g/mol. The molecule has 0 spiro atoms. The largest absolute Gasteiger partial charge is 0.494 e. The summed E-state index contributed by atoms with van der Waals surface area (Å²) >= 11 is 0. The number of fused-ring (bicyclic) bond motifs is 1. The number of ether oxygens (including phenoxy) is 1. The first-order valence-corrected chi connectivity index (χ1v) is 8.38. The van der Waals surface area contributed by atoms with Crippen molar-refractivity contribution < 1.29 is 14.3 Å². The smallest absolute Gasteiger partial charge is 0.244 e. The van der Waals surface area contributed by atoms with Crippen LogP contribution in [0.5, 0.6) is 5.75 Å². The highest BCUT2D eigenvalue weighted by Crippen LogP contribution is 2.23. The number of hydrogen-bond acceptors (Lipinski definition) is 4. The fraction of sp³-hybridized carbons (Fsp3) is 0.556. The summed E-state index contributed by atoms with van der Waals surface area (Å²) in [7, 11) is 3.37. The number of carbonyl (C=O) groups excluding carboxylic acids is 2. The maximum absolute atomic E-state index is 12.2. The van der Waals surface area contributed by atoms with Crippen molar-refractivity contribution in [2.45, 2.75) is 32.9 Å². The second-order valence-electron chi connectivity index (χ2n) is 6.35. The molecule has 2 rings (SSSR count). The molecule has 2 amide bonds. The molecule has 0 aromatic heterocycles. The lowest BCUT2D eigenvalue weighted by atomic mass is 9.99. The highest BCUT2D eigenvalue weighted by molar-refractivity contribution is 5.87. The molecule has 0 saturated heterocycles. The van der Waals surface area contributed by atoms with Crippen molar-refractivity contribution in [3.8, 4) is 5.75 Å². The lowest BCUT2D eigenvalue weighted by Crippen LogP contribution is -2.48. The zero-order valence-electron chi connectivity index (χ0n) is 15.0. The average molecular weight is 333 g/mol. The fourth-order valence-electron chi connectivity index (χ4n) is 2.92. The van der Waals surface area contributed by atoms with Gasteiger partial charge in [-0.1, -0.05) is 6.07 Å². The lowest BCUT2D eigenvalue weighted by Gasteiger charge is -2.29. The normalized spacial score (nSPS) is 15.3. The van der Waals surface area contributed by atoms with Crippen molar-refractivity contribution in [3.63, 3.8) is 0 Å². The molecule has 6 heteroatoms. The Bertz CT molecular complexity index is 601. The Morgan fingerprint density at radius 3 is 2.75 bits per heavy atom. The van der Waals surface area contributed by atoms with Gasteiger partial charge < -0.3 is 15.0 Å². The zero-order valence-corrected chi connectivity index (χ0v) is 15.0. The molecule has 132 valence electrons. The standard InChI is InChI=1S/C18H27N3O3/c1-5-24-16-7-6-14-8-9-21(11-15(14)10-16)12-17(22)19-13(2)18(23)20(3)4/h6-7,10,13H,5,8-9,11-12H2,1-4H3,(H,19,22). The highest BCUT2D eigenvalue weighted by Gasteiger charge is 2.22. The summed E-state index contributed by atoms with van der Waals surface area (Å²) in [4.78, 5) is 27.6. The van der Waals surface area contributed by atoms with Crippen molar-refractivity contribution in [2.75, 3.05) is 33.8 Å². The van der Waals surface area contributed by atoms with Crippen molar-refractivity contribution in [2.24, 2.45) is 0 Å². The molecule has 1 aliphatic heterocycles. The van der Waals surface area contributed by atoms with E-state index in [0.717, 1.165) is 25.3 Å². The van der Waals surface area contributed by atoms with Crippen LogP contribution in [0.15, 0.2) is 18.2 Å². The first-order chi connectivity index (χ1) is 11.4. The van der Waals surface area contributed by atoms with Crippen LogP contribution in [0.1, 0.15) is 25.0 Å². The highest BCUT2D eigenvalue weighted by atomic mass is 16.5. The Morgan fingerprint density at radius 2 is 2.08 bits per heavy atom. The van der Waals surface area contributed by atoms with Gasteiger partial charge in [0.05, 0.1) is 13.2 Å². The van der Waals surface area contributed by atoms with E-state index in [1.54, 1.807) is 21.0 Å². The minimum Gasteiger partial charge on any atom is -0.494 e. The van der Waals surface area contributed by atoms with E-state index in [9.17, 15) is 9.59 Å². The predicted octanol–water partition coefficient (Wildman–Crippen LogP) is 1.04. The topological polar surface area (TPSA) is 61.9 Å². The molecule has 0 saturated carbocycles. The first kappa shape index (κ1) is 18.3. The first-order valence-electron chi connectivity index (χ1n) is 8.38. The number of amides is 2. The van der Waals surface area contributed by atoms with Gasteiger partial charge in [0.25, 0.3) is 0 Å². The summed E-state index contributed by atoms with van der Waals surface area (Å²) < 4.78 is 5.55. The Morgan fingerprint density at radius 1 is 1.33 bits per heavy atom. The number of likely N-dealkylation sites (N-methyl/N-ethyl adjacent to an activating group) is 1. The SMILES string of the molecule is CCOc1ccc2c(c1)CN(CC(=O)NC(C)C(=O)N(C)C)CC2. The molecule has 1 aromatic rings. The second-order valence-corrected chi connectivity index (χ2v) is 6.35. The van der Waals surface area contributed by atoms with Gasteiger partial charge in [-0.15, -0.1) is 0 Å². The Hall–Kier alpha value is -2.08. The number of hydrogen-bond donors (Lipinski definition) is 1.